The highest BCUT2D eigenvalue weighted by atomic mass is 35.5. The fourth-order valence-corrected chi connectivity index (χ4v) is 4.00. The standard InChI is InChI=1S/C17H16Cl3N3O2/c1-7-4-11(18)10(15(19)14(7)17(24)25)6-12-9(3)23-13(21-12)5-8(2)16(20)22-23/h4-5,7,14H,6H2,1-3H3,(H,24,25). The van der Waals surface area contributed by atoms with Crippen molar-refractivity contribution in [1.29, 1.82) is 0 Å². The molecule has 0 saturated carbocycles. The molecule has 25 heavy (non-hydrogen) atoms. The Labute approximate surface area is 159 Å². The van der Waals surface area contributed by atoms with Gasteiger partial charge in [0, 0.05) is 16.5 Å². The summed E-state index contributed by atoms with van der Waals surface area (Å²) in [5.41, 5.74) is 3.63. The SMILES string of the molecule is Cc1cc2nc(CC3=C(Cl)C(C(=O)O)C(C)C=C3Cl)c(C)n2nc1Cl. The number of hydrogen-bond donors (Lipinski definition) is 1. The van der Waals surface area contributed by atoms with Gasteiger partial charge in [0.1, 0.15) is 0 Å². The third-order valence-electron chi connectivity index (χ3n) is 4.46. The molecule has 1 aliphatic carbocycles. The first-order valence-electron chi connectivity index (χ1n) is 7.71. The van der Waals surface area contributed by atoms with E-state index >= 15 is 0 Å². The zero-order chi connectivity index (χ0) is 18.5. The molecule has 0 spiro atoms. The number of hydrogen-bond acceptors (Lipinski definition) is 3. The molecule has 2 unspecified atom stereocenters. The minimum absolute atomic E-state index is 0.256. The first-order chi connectivity index (χ1) is 11.7. The molecule has 1 N–H and O–H groups in total. The highest BCUT2D eigenvalue weighted by Gasteiger charge is 2.33. The molecule has 5 nitrogen and oxygen atoms in total. The second-order valence-corrected chi connectivity index (χ2v) is 7.40. The zero-order valence-corrected chi connectivity index (χ0v) is 16.1. The third-order valence-corrected chi connectivity index (χ3v) is 5.65. The molecule has 0 saturated heterocycles. The van der Waals surface area contributed by atoms with Gasteiger partial charge in [-0.1, -0.05) is 47.8 Å². The third kappa shape index (κ3) is 3.16. The van der Waals surface area contributed by atoms with Crippen LogP contribution in [-0.4, -0.2) is 25.7 Å². The van der Waals surface area contributed by atoms with Gasteiger partial charge < -0.3 is 5.11 Å². The monoisotopic (exact) mass is 399 g/mol. The lowest BCUT2D eigenvalue weighted by atomic mass is 9.85. The number of nitrogens with zero attached hydrogens (tertiary/aromatic N) is 3. The van der Waals surface area contributed by atoms with Gasteiger partial charge in [0.25, 0.3) is 0 Å². The van der Waals surface area contributed by atoms with E-state index in [2.05, 4.69) is 10.1 Å². The lowest BCUT2D eigenvalue weighted by molar-refractivity contribution is -0.141. The molecule has 0 radical (unpaired) electrons. The Morgan fingerprint density at radius 2 is 2.00 bits per heavy atom. The molecule has 8 heteroatoms. The van der Waals surface area contributed by atoms with E-state index in [1.54, 1.807) is 17.5 Å². The van der Waals surface area contributed by atoms with E-state index in [1.807, 2.05) is 19.9 Å². The number of carboxylic acid groups (broad SMARTS) is 1. The smallest absolute Gasteiger partial charge is 0.312 e. The second-order valence-electron chi connectivity index (χ2n) is 6.22. The van der Waals surface area contributed by atoms with Crippen LogP contribution in [0.4, 0.5) is 0 Å². The summed E-state index contributed by atoms with van der Waals surface area (Å²) >= 11 is 18.8. The maximum absolute atomic E-state index is 11.5. The van der Waals surface area contributed by atoms with Gasteiger partial charge in [0.2, 0.25) is 0 Å². The van der Waals surface area contributed by atoms with Gasteiger partial charge >= 0.3 is 5.97 Å². The highest BCUT2D eigenvalue weighted by Crippen LogP contribution is 2.39. The second kappa shape index (κ2) is 6.63. The molecule has 0 amide bonds. The molecule has 0 bridgehead atoms. The number of carbonyl (C=O) groups is 1. The Bertz CT molecular complexity index is 946. The molecule has 0 fully saturated rings. The van der Waals surface area contributed by atoms with Crippen molar-refractivity contribution < 1.29 is 9.90 Å². The molecule has 2 aromatic heterocycles. The predicted octanol–water partition coefficient (Wildman–Crippen LogP) is 4.51. The van der Waals surface area contributed by atoms with E-state index in [-0.39, 0.29) is 11.0 Å². The number of aliphatic carboxylic acids is 1. The molecule has 3 rings (SSSR count). The maximum Gasteiger partial charge on any atom is 0.312 e. The molecule has 0 aromatic carbocycles. The van der Waals surface area contributed by atoms with Gasteiger partial charge in [-0.25, -0.2) is 9.50 Å². The van der Waals surface area contributed by atoms with Crippen LogP contribution in [-0.2, 0) is 11.2 Å². The largest absolute Gasteiger partial charge is 0.481 e. The molecule has 1 aliphatic rings. The summed E-state index contributed by atoms with van der Waals surface area (Å²) < 4.78 is 1.66. The fourth-order valence-electron chi connectivity index (χ4n) is 3.00. The predicted molar refractivity (Wildman–Crippen MR) is 98.3 cm³/mol. The molecule has 0 aliphatic heterocycles. The average molecular weight is 401 g/mol. The molecule has 2 atom stereocenters. The highest BCUT2D eigenvalue weighted by molar-refractivity contribution is 6.37. The van der Waals surface area contributed by atoms with Crippen LogP contribution in [0.3, 0.4) is 0 Å². The number of halogens is 3. The summed E-state index contributed by atoms with van der Waals surface area (Å²) in [6.45, 7) is 5.52. The van der Waals surface area contributed by atoms with Crippen molar-refractivity contribution in [1.82, 2.24) is 14.6 Å². The normalized spacial score (nSPS) is 21.0. The van der Waals surface area contributed by atoms with E-state index in [9.17, 15) is 9.90 Å². The van der Waals surface area contributed by atoms with E-state index < -0.39 is 11.9 Å². The number of imidazole rings is 1. The molecule has 2 aromatic rings. The van der Waals surface area contributed by atoms with Crippen molar-refractivity contribution >= 4 is 46.4 Å². The Morgan fingerprint density at radius 1 is 1.32 bits per heavy atom. The van der Waals surface area contributed by atoms with Crippen molar-refractivity contribution in [2.24, 2.45) is 11.8 Å². The van der Waals surface area contributed by atoms with Crippen LogP contribution in [0, 0.1) is 25.7 Å². The summed E-state index contributed by atoms with van der Waals surface area (Å²) in [6.07, 6.45) is 2.06. The summed E-state index contributed by atoms with van der Waals surface area (Å²) in [4.78, 5) is 16.1. The van der Waals surface area contributed by atoms with Gasteiger partial charge in [-0.3, -0.25) is 4.79 Å². The van der Waals surface area contributed by atoms with Crippen molar-refractivity contribution in [3.8, 4) is 0 Å². The summed E-state index contributed by atoms with van der Waals surface area (Å²) in [5.74, 6) is -2.04. The van der Waals surface area contributed by atoms with Crippen molar-refractivity contribution in [3.63, 3.8) is 0 Å². The first-order valence-corrected chi connectivity index (χ1v) is 8.84. The topological polar surface area (TPSA) is 67.5 Å². The quantitative estimate of drug-likeness (QED) is 0.823. The summed E-state index contributed by atoms with van der Waals surface area (Å²) in [7, 11) is 0. The zero-order valence-electron chi connectivity index (χ0n) is 13.8. The molecular weight excluding hydrogens is 385 g/mol. The van der Waals surface area contributed by atoms with E-state index in [4.69, 9.17) is 34.8 Å². The molecular formula is C17H16Cl3N3O2. The van der Waals surface area contributed by atoms with Crippen LogP contribution in [0.25, 0.3) is 5.65 Å². The van der Waals surface area contributed by atoms with Crippen LogP contribution in [0.5, 0.6) is 0 Å². The van der Waals surface area contributed by atoms with Crippen molar-refractivity contribution in [2.45, 2.75) is 27.2 Å². The van der Waals surface area contributed by atoms with E-state index in [0.29, 0.717) is 27.8 Å². The molecule has 2 heterocycles. The maximum atomic E-state index is 11.5. The van der Waals surface area contributed by atoms with E-state index in [1.165, 1.54) is 0 Å². The number of carboxylic acids is 1. The van der Waals surface area contributed by atoms with Gasteiger partial charge in [0.05, 0.1) is 17.3 Å². The minimum atomic E-state index is -0.966. The Hall–Kier alpha value is -1.56. The number of fused-ring (bicyclic) bond motifs is 1. The van der Waals surface area contributed by atoms with Crippen molar-refractivity contribution in [2.75, 3.05) is 0 Å². The lowest BCUT2D eigenvalue weighted by Gasteiger charge is -2.25. The van der Waals surface area contributed by atoms with Crippen molar-refractivity contribution in [3.05, 3.63) is 49.9 Å². The van der Waals surface area contributed by atoms with Crippen LogP contribution >= 0.6 is 34.8 Å². The lowest BCUT2D eigenvalue weighted by Crippen LogP contribution is -2.25. The fraction of sp³-hybridized carbons (Fsp3) is 0.353. The number of rotatable bonds is 3. The summed E-state index contributed by atoms with van der Waals surface area (Å²) in [5, 5.41) is 14.9. The van der Waals surface area contributed by atoms with Gasteiger partial charge in [-0.15, -0.1) is 0 Å². The minimum Gasteiger partial charge on any atom is -0.481 e. The van der Waals surface area contributed by atoms with Gasteiger partial charge in [0.15, 0.2) is 10.8 Å². The number of aromatic nitrogens is 3. The molecule has 132 valence electrons. The first kappa shape index (κ1) is 18.2. The van der Waals surface area contributed by atoms with E-state index in [0.717, 1.165) is 17.0 Å². The van der Waals surface area contributed by atoms with Crippen LogP contribution in [0.2, 0.25) is 5.15 Å². The van der Waals surface area contributed by atoms with Crippen LogP contribution in [0.15, 0.2) is 27.8 Å². The van der Waals surface area contributed by atoms with Crippen LogP contribution < -0.4 is 0 Å². The Balaban J connectivity index is 2.07. The summed E-state index contributed by atoms with van der Waals surface area (Å²) in [6, 6.07) is 1.85. The average Bonchev–Trinajstić information content (AvgIpc) is 2.79. The van der Waals surface area contributed by atoms with Gasteiger partial charge in [-0.05, 0) is 37.0 Å². The number of aryl methyl sites for hydroxylation is 2. The number of allylic oxidation sites excluding steroid dienone is 3. The van der Waals surface area contributed by atoms with Crippen LogP contribution in [0.1, 0.15) is 23.9 Å². The Morgan fingerprint density at radius 3 is 2.64 bits per heavy atom. The Kier molecular flexibility index (Phi) is 4.84. The van der Waals surface area contributed by atoms with Gasteiger partial charge in [-0.2, -0.15) is 5.10 Å².